The Morgan fingerprint density at radius 2 is 2.04 bits per heavy atom. The van der Waals surface area contributed by atoms with Crippen molar-refractivity contribution in [3.8, 4) is 0 Å². The molecule has 24 heavy (non-hydrogen) atoms. The van der Waals surface area contributed by atoms with Gasteiger partial charge in [0.05, 0.1) is 12.0 Å². The van der Waals surface area contributed by atoms with Gasteiger partial charge in [0.25, 0.3) is 0 Å². The molecule has 2 saturated carbocycles. The summed E-state index contributed by atoms with van der Waals surface area (Å²) in [5, 5.41) is 10.4. The fourth-order valence-corrected chi connectivity index (χ4v) is 4.49. The number of hydrogen-bond donors (Lipinski definition) is 1. The minimum Gasteiger partial charge on any atom is -0.461 e. The van der Waals surface area contributed by atoms with E-state index in [0.717, 1.165) is 5.57 Å². The predicted octanol–water partition coefficient (Wildman–Crippen LogP) is 2.39. The Kier molecular flexibility index (Phi) is 4.11. The predicted molar refractivity (Wildman–Crippen MR) is 87.8 cm³/mol. The van der Waals surface area contributed by atoms with Crippen molar-refractivity contribution in [2.45, 2.75) is 58.3 Å². The highest BCUT2D eigenvalue weighted by molar-refractivity contribution is 5.90. The Hall–Kier alpha value is -1.62. The summed E-state index contributed by atoms with van der Waals surface area (Å²) in [7, 11) is 0. The number of aliphatic hydroxyl groups excluding tert-OH is 1. The van der Waals surface area contributed by atoms with Crippen molar-refractivity contribution in [2.24, 2.45) is 23.2 Å². The molecule has 5 nitrogen and oxygen atoms in total. The number of ether oxygens (including phenoxy) is 2. The summed E-state index contributed by atoms with van der Waals surface area (Å²) in [5.41, 5.74) is 0.873. The van der Waals surface area contributed by atoms with Crippen molar-refractivity contribution < 1.29 is 24.2 Å². The first-order valence-electron chi connectivity index (χ1n) is 8.62. The normalized spacial score (nSPS) is 41.7. The van der Waals surface area contributed by atoms with Gasteiger partial charge in [-0.05, 0) is 24.3 Å². The van der Waals surface area contributed by atoms with Crippen LogP contribution in [0.4, 0.5) is 0 Å². The molecule has 0 aromatic rings. The summed E-state index contributed by atoms with van der Waals surface area (Å²) >= 11 is 0. The molecule has 1 saturated heterocycles. The van der Waals surface area contributed by atoms with Gasteiger partial charge in [0.15, 0.2) is 0 Å². The van der Waals surface area contributed by atoms with Gasteiger partial charge in [-0.15, -0.1) is 0 Å². The zero-order chi connectivity index (χ0) is 17.8. The standard InChI is InChI=1S/C19H26O5/c1-9(2)17(21)24-16-7-14(20)11(4)13-6-12-10(3)18(22)23-15(12)8-19(13,16)5/h9,12-16,20H,3-4,6-8H2,1-2,5H3/t12-,13+,14-,15-,16+,19-/m1/s1. The molecule has 6 atom stereocenters. The number of carbonyl (C=O) groups excluding carboxylic acids is 2. The van der Waals surface area contributed by atoms with Crippen molar-refractivity contribution in [3.63, 3.8) is 0 Å². The van der Waals surface area contributed by atoms with Crippen LogP contribution in [-0.2, 0) is 19.1 Å². The lowest BCUT2D eigenvalue weighted by Crippen LogP contribution is -2.55. The number of esters is 2. The molecule has 0 amide bonds. The van der Waals surface area contributed by atoms with Crippen LogP contribution in [0.5, 0.6) is 0 Å². The highest BCUT2D eigenvalue weighted by Gasteiger charge is 2.58. The zero-order valence-corrected chi connectivity index (χ0v) is 14.6. The van der Waals surface area contributed by atoms with Crippen LogP contribution in [0.3, 0.4) is 0 Å². The zero-order valence-electron chi connectivity index (χ0n) is 14.6. The van der Waals surface area contributed by atoms with Crippen LogP contribution in [0.15, 0.2) is 24.3 Å². The second kappa shape index (κ2) is 5.73. The summed E-state index contributed by atoms with van der Waals surface area (Å²) in [6, 6.07) is 0. The molecule has 3 fully saturated rings. The van der Waals surface area contributed by atoms with E-state index in [-0.39, 0.29) is 35.8 Å². The number of fused-ring (bicyclic) bond motifs is 2. The molecule has 0 aromatic carbocycles. The molecule has 1 N–H and O–H groups in total. The molecule has 3 rings (SSSR count). The van der Waals surface area contributed by atoms with E-state index in [4.69, 9.17) is 9.47 Å². The Morgan fingerprint density at radius 1 is 1.38 bits per heavy atom. The molecule has 0 aromatic heterocycles. The molecule has 2 aliphatic carbocycles. The average molecular weight is 334 g/mol. The van der Waals surface area contributed by atoms with Gasteiger partial charge in [-0.3, -0.25) is 4.79 Å². The van der Waals surface area contributed by atoms with Gasteiger partial charge in [-0.1, -0.05) is 33.9 Å². The van der Waals surface area contributed by atoms with E-state index in [2.05, 4.69) is 20.1 Å². The number of rotatable bonds is 2. The average Bonchev–Trinajstić information content (AvgIpc) is 2.77. The van der Waals surface area contributed by atoms with E-state index in [1.54, 1.807) is 13.8 Å². The maximum absolute atomic E-state index is 12.1. The van der Waals surface area contributed by atoms with E-state index in [1.807, 2.05) is 0 Å². The SMILES string of the molecule is C=C1C(=O)O[C@@H]2C[C@@]3(C)[C@@H](OC(=O)C(C)C)C[C@@H](O)C(=C)[C@@H]3C[C@H]12. The van der Waals surface area contributed by atoms with Crippen LogP contribution < -0.4 is 0 Å². The van der Waals surface area contributed by atoms with Gasteiger partial charge < -0.3 is 14.6 Å². The van der Waals surface area contributed by atoms with Crippen LogP contribution >= 0.6 is 0 Å². The van der Waals surface area contributed by atoms with Crippen LogP contribution in [0.1, 0.15) is 40.0 Å². The van der Waals surface area contributed by atoms with Crippen molar-refractivity contribution >= 4 is 11.9 Å². The van der Waals surface area contributed by atoms with Gasteiger partial charge in [0.2, 0.25) is 0 Å². The van der Waals surface area contributed by atoms with E-state index >= 15 is 0 Å². The molecular weight excluding hydrogens is 308 g/mol. The van der Waals surface area contributed by atoms with Crippen LogP contribution in [0.25, 0.3) is 0 Å². The topological polar surface area (TPSA) is 72.8 Å². The molecule has 3 aliphatic rings. The van der Waals surface area contributed by atoms with Gasteiger partial charge in [-0.25, -0.2) is 4.79 Å². The first-order chi connectivity index (χ1) is 11.1. The Morgan fingerprint density at radius 3 is 2.67 bits per heavy atom. The highest BCUT2D eigenvalue weighted by Crippen LogP contribution is 2.57. The fraction of sp³-hybridized carbons (Fsp3) is 0.684. The van der Waals surface area contributed by atoms with E-state index in [0.29, 0.717) is 24.8 Å². The van der Waals surface area contributed by atoms with Crippen molar-refractivity contribution in [1.29, 1.82) is 0 Å². The maximum atomic E-state index is 12.1. The van der Waals surface area contributed by atoms with Crippen molar-refractivity contribution in [1.82, 2.24) is 0 Å². The van der Waals surface area contributed by atoms with E-state index < -0.39 is 17.6 Å². The Bertz CT molecular complexity index is 607. The molecule has 0 spiro atoms. The largest absolute Gasteiger partial charge is 0.461 e. The van der Waals surface area contributed by atoms with Crippen LogP contribution in [0, 0.1) is 23.2 Å². The minimum atomic E-state index is -0.698. The summed E-state index contributed by atoms with van der Waals surface area (Å²) < 4.78 is 11.2. The number of hydrogen-bond acceptors (Lipinski definition) is 5. The molecule has 1 aliphatic heterocycles. The molecule has 1 heterocycles. The van der Waals surface area contributed by atoms with Gasteiger partial charge >= 0.3 is 11.9 Å². The summed E-state index contributed by atoms with van der Waals surface area (Å²) in [6.07, 6.45) is 0.250. The Labute approximate surface area is 142 Å². The minimum absolute atomic E-state index is 0.0290. The van der Waals surface area contributed by atoms with Crippen molar-refractivity contribution in [2.75, 3.05) is 0 Å². The summed E-state index contributed by atoms with van der Waals surface area (Å²) in [6.45, 7) is 13.6. The van der Waals surface area contributed by atoms with Crippen molar-refractivity contribution in [3.05, 3.63) is 24.3 Å². The first-order valence-corrected chi connectivity index (χ1v) is 8.62. The molecule has 0 unspecified atom stereocenters. The van der Waals surface area contributed by atoms with Gasteiger partial charge in [0, 0.05) is 23.3 Å². The first kappa shape index (κ1) is 17.2. The summed E-state index contributed by atoms with van der Waals surface area (Å²) in [5.74, 6) is -0.906. The number of aliphatic hydroxyl groups is 1. The second-order valence-corrected chi connectivity index (χ2v) is 7.98. The fourth-order valence-electron chi connectivity index (χ4n) is 4.49. The molecular formula is C19H26O5. The lowest BCUT2D eigenvalue weighted by molar-refractivity contribution is -0.177. The van der Waals surface area contributed by atoms with Crippen LogP contribution in [0.2, 0.25) is 0 Å². The quantitative estimate of drug-likeness (QED) is 0.477. The van der Waals surface area contributed by atoms with Gasteiger partial charge in [-0.2, -0.15) is 0 Å². The molecule has 5 heteroatoms. The molecule has 0 radical (unpaired) electrons. The third-order valence-electron chi connectivity index (χ3n) is 6.12. The Balaban J connectivity index is 1.91. The summed E-state index contributed by atoms with van der Waals surface area (Å²) in [4.78, 5) is 24.0. The van der Waals surface area contributed by atoms with Gasteiger partial charge in [0.1, 0.15) is 12.2 Å². The monoisotopic (exact) mass is 334 g/mol. The van der Waals surface area contributed by atoms with Crippen LogP contribution in [-0.4, -0.2) is 35.4 Å². The van der Waals surface area contributed by atoms with E-state index in [1.165, 1.54) is 0 Å². The molecule has 0 bridgehead atoms. The maximum Gasteiger partial charge on any atom is 0.334 e. The second-order valence-electron chi connectivity index (χ2n) is 7.98. The lowest BCUT2D eigenvalue weighted by Gasteiger charge is -2.54. The van der Waals surface area contributed by atoms with E-state index in [9.17, 15) is 14.7 Å². The number of carbonyl (C=O) groups is 2. The third-order valence-corrected chi connectivity index (χ3v) is 6.12. The third kappa shape index (κ3) is 2.50. The highest BCUT2D eigenvalue weighted by atomic mass is 16.6. The lowest BCUT2D eigenvalue weighted by atomic mass is 9.54. The molecule has 132 valence electrons. The smallest absolute Gasteiger partial charge is 0.334 e.